The lowest BCUT2D eigenvalue weighted by Crippen LogP contribution is -2.18. The van der Waals surface area contributed by atoms with Gasteiger partial charge in [-0.25, -0.2) is 0 Å². The average molecular weight is 361 g/mol. The minimum Gasteiger partial charge on any atom is -0.411 e. The largest absolute Gasteiger partial charge is 0.411 e. The Kier molecular flexibility index (Phi) is 4.73. The molecule has 2 heterocycles. The molecule has 0 bridgehead atoms. The number of aromatic nitrogens is 3. The van der Waals surface area contributed by atoms with Crippen molar-refractivity contribution in [2.24, 2.45) is 5.16 Å². The van der Waals surface area contributed by atoms with E-state index in [1.807, 2.05) is 16.8 Å². The highest BCUT2D eigenvalue weighted by Crippen LogP contribution is 2.34. The van der Waals surface area contributed by atoms with Crippen LogP contribution >= 0.6 is 0 Å². The van der Waals surface area contributed by atoms with Crippen molar-refractivity contribution < 1.29 is 5.21 Å². The smallest absolute Gasteiger partial charge is 0.100 e. The van der Waals surface area contributed by atoms with Crippen molar-refractivity contribution in [3.05, 3.63) is 60.0 Å². The van der Waals surface area contributed by atoms with E-state index >= 15 is 0 Å². The lowest BCUT2D eigenvalue weighted by Gasteiger charge is -2.08. The summed E-state index contributed by atoms with van der Waals surface area (Å²) in [6, 6.07) is 10.3. The van der Waals surface area contributed by atoms with Gasteiger partial charge < -0.3 is 10.1 Å². The molecule has 0 radical (unpaired) electrons. The van der Waals surface area contributed by atoms with Crippen LogP contribution in [0.25, 0.3) is 22.4 Å². The maximum atomic E-state index is 9.16. The molecule has 0 spiro atoms. The quantitative estimate of drug-likeness (QED) is 0.559. The first-order chi connectivity index (χ1) is 13.2. The molecule has 1 aliphatic carbocycles. The Balaban J connectivity index is 1.77. The fraction of sp³-hybridized carbons (Fsp3) is 0.286. The van der Waals surface area contributed by atoms with Gasteiger partial charge in [-0.3, -0.25) is 9.67 Å². The standard InChI is InChI=1S/C21H23N5O/c1-25(2)11-12-26-14-19(21(23-26)15-7-9-22-10-8-15)17-3-5-18-16(13-17)4-6-20(18)24-27/h3,5,7-10,13-14,27H,4,6,11-12H2,1-2H3/b24-20+. The summed E-state index contributed by atoms with van der Waals surface area (Å²) in [7, 11) is 4.13. The highest BCUT2D eigenvalue weighted by molar-refractivity contribution is 6.04. The number of hydrogen-bond acceptors (Lipinski definition) is 5. The van der Waals surface area contributed by atoms with Crippen LogP contribution in [0.15, 0.2) is 54.1 Å². The Hall–Kier alpha value is -2.99. The number of hydrogen-bond donors (Lipinski definition) is 1. The molecule has 0 aliphatic heterocycles. The Labute approximate surface area is 158 Å². The van der Waals surface area contributed by atoms with E-state index in [0.29, 0.717) is 0 Å². The van der Waals surface area contributed by atoms with Gasteiger partial charge in [0.25, 0.3) is 0 Å². The highest BCUT2D eigenvalue weighted by atomic mass is 16.4. The molecule has 6 nitrogen and oxygen atoms in total. The fourth-order valence-electron chi connectivity index (χ4n) is 3.51. The summed E-state index contributed by atoms with van der Waals surface area (Å²) in [5, 5.41) is 17.4. The molecule has 0 saturated heterocycles. The van der Waals surface area contributed by atoms with E-state index in [1.165, 1.54) is 5.56 Å². The van der Waals surface area contributed by atoms with Crippen molar-refractivity contribution in [3.8, 4) is 22.4 Å². The van der Waals surface area contributed by atoms with E-state index < -0.39 is 0 Å². The van der Waals surface area contributed by atoms with Crippen molar-refractivity contribution in [2.45, 2.75) is 19.4 Å². The van der Waals surface area contributed by atoms with Crippen LogP contribution in [0.2, 0.25) is 0 Å². The molecule has 0 saturated carbocycles. The maximum Gasteiger partial charge on any atom is 0.100 e. The van der Waals surface area contributed by atoms with Crippen molar-refractivity contribution in [1.82, 2.24) is 19.7 Å². The van der Waals surface area contributed by atoms with E-state index in [0.717, 1.165) is 59.6 Å². The lowest BCUT2D eigenvalue weighted by molar-refractivity contribution is 0.318. The van der Waals surface area contributed by atoms with Gasteiger partial charge in [0.1, 0.15) is 5.69 Å². The first-order valence-corrected chi connectivity index (χ1v) is 9.13. The second-order valence-electron chi connectivity index (χ2n) is 7.11. The molecule has 27 heavy (non-hydrogen) atoms. The van der Waals surface area contributed by atoms with Crippen molar-refractivity contribution in [1.29, 1.82) is 0 Å². The first kappa shape index (κ1) is 17.4. The molecule has 4 rings (SSSR count). The predicted molar refractivity (Wildman–Crippen MR) is 106 cm³/mol. The minimum atomic E-state index is 0.771. The van der Waals surface area contributed by atoms with Gasteiger partial charge in [0.2, 0.25) is 0 Å². The van der Waals surface area contributed by atoms with Gasteiger partial charge >= 0.3 is 0 Å². The van der Waals surface area contributed by atoms with Gasteiger partial charge in [0.15, 0.2) is 0 Å². The van der Waals surface area contributed by atoms with Crippen LogP contribution in [0, 0.1) is 0 Å². The number of benzene rings is 1. The van der Waals surface area contributed by atoms with Crippen LogP contribution in [-0.2, 0) is 13.0 Å². The van der Waals surface area contributed by atoms with Crippen molar-refractivity contribution in [3.63, 3.8) is 0 Å². The molecule has 0 atom stereocenters. The van der Waals surface area contributed by atoms with Crippen LogP contribution in [-0.4, -0.2) is 51.2 Å². The highest BCUT2D eigenvalue weighted by Gasteiger charge is 2.20. The van der Waals surface area contributed by atoms with Crippen LogP contribution in [0.3, 0.4) is 0 Å². The number of likely N-dealkylation sites (N-methyl/N-ethyl adjacent to an activating group) is 1. The second-order valence-corrected chi connectivity index (χ2v) is 7.11. The normalized spacial score (nSPS) is 14.9. The monoisotopic (exact) mass is 361 g/mol. The molecule has 0 fully saturated rings. The van der Waals surface area contributed by atoms with E-state index in [4.69, 9.17) is 10.3 Å². The number of fused-ring (bicyclic) bond motifs is 1. The molecule has 0 unspecified atom stereocenters. The number of nitrogens with zero attached hydrogens (tertiary/aromatic N) is 5. The molecular formula is C21H23N5O. The van der Waals surface area contributed by atoms with Gasteiger partial charge in [-0.1, -0.05) is 23.4 Å². The summed E-state index contributed by atoms with van der Waals surface area (Å²) >= 11 is 0. The summed E-state index contributed by atoms with van der Waals surface area (Å²) in [5.74, 6) is 0. The zero-order chi connectivity index (χ0) is 18.8. The maximum absolute atomic E-state index is 9.16. The summed E-state index contributed by atoms with van der Waals surface area (Å²) in [6.45, 7) is 1.76. The molecule has 138 valence electrons. The Bertz CT molecular complexity index is 975. The van der Waals surface area contributed by atoms with Crippen LogP contribution in [0.5, 0.6) is 0 Å². The van der Waals surface area contributed by atoms with E-state index in [2.05, 4.69) is 53.5 Å². The summed E-state index contributed by atoms with van der Waals surface area (Å²) < 4.78 is 2.01. The number of aryl methyl sites for hydroxylation is 1. The summed E-state index contributed by atoms with van der Waals surface area (Å²) in [6.07, 6.45) is 7.41. The topological polar surface area (TPSA) is 66.5 Å². The average Bonchev–Trinajstić information content (AvgIpc) is 3.30. The Morgan fingerprint density at radius 1 is 1.07 bits per heavy atom. The van der Waals surface area contributed by atoms with Gasteiger partial charge in [-0.2, -0.15) is 5.10 Å². The van der Waals surface area contributed by atoms with Crippen molar-refractivity contribution >= 4 is 5.71 Å². The number of rotatable bonds is 5. The van der Waals surface area contributed by atoms with Crippen LogP contribution in [0.1, 0.15) is 17.5 Å². The van der Waals surface area contributed by atoms with Crippen LogP contribution in [0.4, 0.5) is 0 Å². The van der Waals surface area contributed by atoms with E-state index in [1.54, 1.807) is 12.4 Å². The molecule has 6 heteroatoms. The Morgan fingerprint density at radius 2 is 1.89 bits per heavy atom. The summed E-state index contributed by atoms with van der Waals surface area (Å²) in [4.78, 5) is 6.28. The minimum absolute atomic E-state index is 0.771. The summed E-state index contributed by atoms with van der Waals surface area (Å²) in [5.41, 5.74) is 7.31. The Morgan fingerprint density at radius 3 is 2.63 bits per heavy atom. The third-order valence-corrected chi connectivity index (χ3v) is 4.97. The van der Waals surface area contributed by atoms with E-state index in [-0.39, 0.29) is 0 Å². The second kappa shape index (κ2) is 7.32. The zero-order valence-corrected chi connectivity index (χ0v) is 15.6. The van der Waals surface area contributed by atoms with Gasteiger partial charge in [-0.05, 0) is 50.2 Å². The zero-order valence-electron chi connectivity index (χ0n) is 15.6. The van der Waals surface area contributed by atoms with Gasteiger partial charge in [0, 0.05) is 41.8 Å². The first-order valence-electron chi connectivity index (χ1n) is 9.13. The molecule has 3 aromatic rings. The third kappa shape index (κ3) is 3.48. The van der Waals surface area contributed by atoms with Crippen molar-refractivity contribution in [2.75, 3.05) is 20.6 Å². The lowest BCUT2D eigenvalue weighted by atomic mass is 9.98. The van der Waals surface area contributed by atoms with Gasteiger partial charge in [0.05, 0.1) is 12.3 Å². The molecule has 1 N–H and O–H groups in total. The van der Waals surface area contributed by atoms with E-state index in [9.17, 15) is 0 Å². The number of oxime groups is 1. The van der Waals surface area contributed by atoms with Gasteiger partial charge in [-0.15, -0.1) is 0 Å². The molecule has 1 aliphatic rings. The third-order valence-electron chi connectivity index (χ3n) is 4.97. The SMILES string of the molecule is CN(C)CCn1cc(-c2ccc3c(c2)CC/C3=N\O)c(-c2ccncc2)n1. The fourth-order valence-corrected chi connectivity index (χ4v) is 3.51. The molecule has 0 amide bonds. The molecule has 1 aromatic carbocycles. The predicted octanol–water partition coefficient (Wildman–Crippen LogP) is 3.30. The molecule has 2 aromatic heterocycles. The number of pyridine rings is 1. The molecular weight excluding hydrogens is 338 g/mol. The van der Waals surface area contributed by atoms with Crippen LogP contribution < -0.4 is 0 Å².